The van der Waals surface area contributed by atoms with Crippen LogP contribution in [0, 0.1) is 0 Å². The second-order valence-corrected chi connectivity index (χ2v) is 1.41. The smallest absolute Gasteiger partial charge is 0.264 e. The van der Waals surface area contributed by atoms with Gasteiger partial charge in [0, 0.05) is 13.0 Å². The highest BCUT2D eigenvalue weighted by molar-refractivity contribution is 4.54. The van der Waals surface area contributed by atoms with Gasteiger partial charge in [0.25, 0.3) is 6.43 Å². The fourth-order valence-corrected chi connectivity index (χ4v) is 0.258. The van der Waals surface area contributed by atoms with Gasteiger partial charge in [0.05, 0.1) is 0 Å². The molecule has 50 valence electrons. The summed E-state index contributed by atoms with van der Waals surface area (Å²) in [7, 11) is 0. The van der Waals surface area contributed by atoms with E-state index in [0.29, 0.717) is 0 Å². The number of alkyl halides is 2. The summed E-state index contributed by atoms with van der Waals surface area (Å²) in [5, 5.41) is 16.2. The number of aliphatic hydroxyl groups excluding tert-OH is 2. The number of halogens is 2. The lowest BCUT2D eigenvalue weighted by atomic mass is 10.3. The van der Waals surface area contributed by atoms with Crippen LogP contribution in [0.3, 0.4) is 0 Å². The summed E-state index contributed by atoms with van der Waals surface area (Å²) in [4.78, 5) is 0. The van der Waals surface area contributed by atoms with Crippen LogP contribution in [0.2, 0.25) is 0 Å². The van der Waals surface area contributed by atoms with Crippen molar-refractivity contribution in [2.45, 2.75) is 19.0 Å². The summed E-state index contributed by atoms with van der Waals surface area (Å²) < 4.78 is 22.5. The van der Waals surface area contributed by atoms with E-state index in [4.69, 9.17) is 10.2 Å². The van der Waals surface area contributed by atoms with Crippen LogP contribution in [-0.2, 0) is 0 Å². The molecule has 0 amide bonds. The molecule has 0 rings (SSSR count). The summed E-state index contributed by atoms with van der Waals surface area (Å²) in [6, 6.07) is 0. The Morgan fingerprint density at radius 3 is 2.00 bits per heavy atom. The van der Waals surface area contributed by atoms with E-state index in [9.17, 15) is 8.78 Å². The van der Waals surface area contributed by atoms with Gasteiger partial charge in [0.1, 0.15) is 6.10 Å². The van der Waals surface area contributed by atoms with Gasteiger partial charge in [0.15, 0.2) is 0 Å². The maximum absolute atomic E-state index is 11.3. The highest BCUT2D eigenvalue weighted by Gasteiger charge is 2.14. The van der Waals surface area contributed by atoms with Crippen LogP contribution in [0.1, 0.15) is 6.42 Å². The molecule has 0 aromatic heterocycles. The van der Waals surface area contributed by atoms with Crippen molar-refractivity contribution < 1.29 is 19.0 Å². The van der Waals surface area contributed by atoms with E-state index < -0.39 is 19.1 Å². The van der Waals surface area contributed by atoms with E-state index in [1.54, 1.807) is 0 Å². The monoisotopic (exact) mass is 126 g/mol. The Balaban J connectivity index is 3.17. The minimum absolute atomic E-state index is 0.252. The van der Waals surface area contributed by atoms with Crippen molar-refractivity contribution in [3.8, 4) is 0 Å². The molecule has 0 radical (unpaired) electrons. The first-order chi connectivity index (χ1) is 3.68. The zero-order valence-corrected chi connectivity index (χ0v) is 4.22. The molecule has 8 heavy (non-hydrogen) atoms. The molecule has 0 saturated carbocycles. The lowest BCUT2D eigenvalue weighted by Gasteiger charge is -2.04. The van der Waals surface area contributed by atoms with Gasteiger partial charge in [-0.3, -0.25) is 0 Å². The molecule has 0 fully saturated rings. The molecule has 0 aromatic rings. The van der Waals surface area contributed by atoms with Crippen molar-refractivity contribution in [2.24, 2.45) is 0 Å². The number of hydrogen-bond donors (Lipinski definition) is 2. The predicted molar refractivity (Wildman–Crippen MR) is 23.7 cm³/mol. The maximum Gasteiger partial charge on any atom is 0.264 e. The highest BCUT2D eigenvalue weighted by Crippen LogP contribution is 2.02. The lowest BCUT2D eigenvalue weighted by Crippen LogP contribution is -2.18. The molecule has 1 unspecified atom stereocenters. The molecule has 0 aromatic carbocycles. The number of aliphatic hydroxyl groups is 2. The van der Waals surface area contributed by atoms with Gasteiger partial charge in [0.2, 0.25) is 0 Å². The molecule has 0 bridgehead atoms. The van der Waals surface area contributed by atoms with Crippen LogP contribution in [-0.4, -0.2) is 29.3 Å². The third-order valence-electron chi connectivity index (χ3n) is 0.716. The Kier molecular flexibility index (Phi) is 3.64. The van der Waals surface area contributed by atoms with Gasteiger partial charge in [-0.1, -0.05) is 0 Å². The van der Waals surface area contributed by atoms with Crippen LogP contribution in [0.15, 0.2) is 0 Å². The topological polar surface area (TPSA) is 40.5 Å². The van der Waals surface area contributed by atoms with Crippen LogP contribution in [0.4, 0.5) is 8.78 Å². The molecule has 0 saturated heterocycles. The van der Waals surface area contributed by atoms with Crippen molar-refractivity contribution in [2.75, 3.05) is 6.61 Å². The molecular formula is C4H8F2O2. The molecular weight excluding hydrogens is 118 g/mol. The quantitative estimate of drug-likeness (QED) is 0.558. The summed E-state index contributed by atoms with van der Waals surface area (Å²) in [5.74, 6) is 0. The van der Waals surface area contributed by atoms with Gasteiger partial charge >= 0.3 is 0 Å². The van der Waals surface area contributed by atoms with Crippen LogP contribution >= 0.6 is 0 Å². The third kappa shape index (κ3) is 2.87. The van der Waals surface area contributed by atoms with Crippen molar-refractivity contribution in [1.29, 1.82) is 0 Å². The third-order valence-corrected chi connectivity index (χ3v) is 0.716. The molecule has 1 atom stereocenters. The minimum atomic E-state index is -2.73. The Labute approximate surface area is 45.8 Å². The zero-order valence-electron chi connectivity index (χ0n) is 4.22. The van der Waals surface area contributed by atoms with Crippen molar-refractivity contribution in [1.82, 2.24) is 0 Å². The molecule has 0 heterocycles. The second-order valence-electron chi connectivity index (χ2n) is 1.41. The first kappa shape index (κ1) is 7.78. The van der Waals surface area contributed by atoms with Crippen LogP contribution in [0.25, 0.3) is 0 Å². The molecule has 2 N–H and O–H groups in total. The summed E-state index contributed by atoms with van der Waals surface area (Å²) >= 11 is 0. The fraction of sp³-hybridized carbons (Fsp3) is 1.00. The van der Waals surface area contributed by atoms with Gasteiger partial charge in [-0.25, -0.2) is 8.78 Å². The SMILES string of the molecule is OCCC(O)C(F)F. The predicted octanol–water partition coefficient (Wildman–Crippen LogP) is -0.00520. The van der Waals surface area contributed by atoms with Crippen LogP contribution in [0.5, 0.6) is 0 Å². The average molecular weight is 126 g/mol. The minimum Gasteiger partial charge on any atom is -0.396 e. The van der Waals surface area contributed by atoms with E-state index in [-0.39, 0.29) is 6.42 Å². The molecule has 0 aliphatic heterocycles. The summed E-state index contributed by atoms with van der Waals surface area (Å²) in [6.45, 7) is -0.397. The van der Waals surface area contributed by atoms with Gasteiger partial charge in [-0.15, -0.1) is 0 Å². The Morgan fingerprint density at radius 2 is 1.88 bits per heavy atom. The molecule has 0 aliphatic rings. The largest absolute Gasteiger partial charge is 0.396 e. The Morgan fingerprint density at radius 1 is 1.38 bits per heavy atom. The normalized spacial score (nSPS) is 14.6. The molecule has 2 nitrogen and oxygen atoms in total. The van der Waals surface area contributed by atoms with Crippen molar-refractivity contribution >= 4 is 0 Å². The van der Waals surface area contributed by atoms with Gasteiger partial charge in [-0.05, 0) is 0 Å². The van der Waals surface area contributed by atoms with Crippen molar-refractivity contribution in [3.63, 3.8) is 0 Å². The van der Waals surface area contributed by atoms with E-state index in [1.165, 1.54) is 0 Å². The fourth-order valence-electron chi connectivity index (χ4n) is 0.258. The summed E-state index contributed by atoms with van der Waals surface area (Å²) in [5.41, 5.74) is 0. The van der Waals surface area contributed by atoms with E-state index >= 15 is 0 Å². The second kappa shape index (κ2) is 3.74. The first-order valence-electron chi connectivity index (χ1n) is 2.25. The first-order valence-corrected chi connectivity index (χ1v) is 2.25. The highest BCUT2D eigenvalue weighted by atomic mass is 19.3. The summed E-state index contributed by atoms with van der Waals surface area (Å²) in [6.07, 6.45) is -4.65. The van der Waals surface area contributed by atoms with E-state index in [0.717, 1.165) is 0 Å². The number of hydrogen-bond acceptors (Lipinski definition) is 2. The van der Waals surface area contributed by atoms with E-state index in [2.05, 4.69) is 0 Å². The average Bonchev–Trinajstić information content (AvgIpc) is 1.67. The van der Waals surface area contributed by atoms with Crippen molar-refractivity contribution in [3.05, 3.63) is 0 Å². The molecule has 0 spiro atoms. The molecule has 0 aliphatic carbocycles. The van der Waals surface area contributed by atoms with Gasteiger partial charge < -0.3 is 10.2 Å². The number of rotatable bonds is 3. The standard InChI is InChI=1S/C4H8F2O2/c5-4(6)3(8)1-2-7/h3-4,7-8H,1-2H2. The maximum atomic E-state index is 11.3. The lowest BCUT2D eigenvalue weighted by molar-refractivity contribution is -0.0166. The Bertz CT molecular complexity index is 58.0. The van der Waals surface area contributed by atoms with E-state index in [1.807, 2.05) is 0 Å². The Hall–Kier alpha value is -0.220. The zero-order chi connectivity index (χ0) is 6.57. The van der Waals surface area contributed by atoms with Gasteiger partial charge in [-0.2, -0.15) is 0 Å². The molecule has 4 heteroatoms. The van der Waals surface area contributed by atoms with Crippen LogP contribution < -0.4 is 0 Å².